The molecule has 0 bridgehead atoms. The quantitative estimate of drug-likeness (QED) is 0.764. The number of alkyl halides is 3. The van der Waals surface area contributed by atoms with Crippen molar-refractivity contribution in [2.24, 2.45) is 5.92 Å². The minimum absolute atomic E-state index is 0.0960. The molecule has 1 saturated carbocycles. The monoisotopic (exact) mass is 418 g/mol. The van der Waals surface area contributed by atoms with Gasteiger partial charge in [-0.1, -0.05) is 0 Å². The van der Waals surface area contributed by atoms with Crippen molar-refractivity contribution in [2.75, 3.05) is 13.1 Å². The maximum absolute atomic E-state index is 12.2. The first-order valence-corrected chi connectivity index (χ1v) is 9.72. The molecule has 1 aromatic rings. The number of aliphatic carboxylic acids is 1. The molecule has 3 heterocycles. The van der Waals surface area contributed by atoms with Crippen LogP contribution in [0.1, 0.15) is 37.7 Å². The van der Waals surface area contributed by atoms with E-state index < -0.39 is 12.1 Å². The van der Waals surface area contributed by atoms with Gasteiger partial charge in [-0.05, 0) is 44.1 Å². The predicted octanol–water partition coefficient (Wildman–Crippen LogP) is 2.56. The van der Waals surface area contributed by atoms with Gasteiger partial charge in [-0.25, -0.2) is 4.79 Å². The number of fused-ring (bicyclic) bond motifs is 1. The zero-order valence-electron chi connectivity index (χ0n) is 15.9. The van der Waals surface area contributed by atoms with E-state index in [9.17, 15) is 18.0 Å². The molecule has 0 aromatic carbocycles. The van der Waals surface area contributed by atoms with Gasteiger partial charge in [0.2, 0.25) is 5.91 Å². The third-order valence-corrected chi connectivity index (χ3v) is 5.43. The van der Waals surface area contributed by atoms with Crippen LogP contribution >= 0.6 is 0 Å². The second-order valence-corrected chi connectivity index (χ2v) is 7.69. The van der Waals surface area contributed by atoms with Crippen LogP contribution < -0.4 is 5.32 Å². The van der Waals surface area contributed by atoms with Crippen LogP contribution in [0.3, 0.4) is 0 Å². The molecule has 29 heavy (non-hydrogen) atoms. The minimum Gasteiger partial charge on any atom is -0.475 e. The van der Waals surface area contributed by atoms with Crippen LogP contribution in [0.4, 0.5) is 13.2 Å². The summed E-state index contributed by atoms with van der Waals surface area (Å²) in [6.07, 6.45) is 3.84. The zero-order valence-corrected chi connectivity index (χ0v) is 15.9. The Morgan fingerprint density at radius 1 is 1.21 bits per heavy atom. The molecule has 0 unspecified atom stereocenters. The fourth-order valence-corrected chi connectivity index (χ4v) is 3.70. The highest BCUT2D eigenvalue weighted by molar-refractivity contribution is 5.80. The number of carboxylic acid groups (broad SMARTS) is 1. The molecule has 3 fully saturated rings. The summed E-state index contributed by atoms with van der Waals surface area (Å²) >= 11 is 0. The Hall–Kier alpha value is -2.07. The third-order valence-electron chi connectivity index (χ3n) is 5.43. The molecule has 1 aromatic heterocycles. The van der Waals surface area contributed by atoms with Gasteiger partial charge in [0.05, 0.1) is 18.6 Å². The Balaban J connectivity index is 0.000000298. The summed E-state index contributed by atoms with van der Waals surface area (Å²) in [5.74, 6) is -1.94. The van der Waals surface area contributed by atoms with Crippen LogP contribution in [-0.2, 0) is 20.9 Å². The average Bonchev–Trinajstić information content (AvgIpc) is 3.20. The van der Waals surface area contributed by atoms with Gasteiger partial charge < -0.3 is 19.6 Å². The molecule has 2 N–H and O–H groups in total. The number of furan rings is 1. The van der Waals surface area contributed by atoms with E-state index in [0.29, 0.717) is 6.04 Å². The van der Waals surface area contributed by atoms with E-state index in [1.807, 2.05) is 12.3 Å². The zero-order chi connectivity index (χ0) is 21.0. The van der Waals surface area contributed by atoms with Gasteiger partial charge in [0.15, 0.2) is 0 Å². The number of ether oxygens (including phenoxy) is 1. The lowest BCUT2D eigenvalue weighted by Crippen LogP contribution is -2.47. The normalized spacial score (nSPS) is 26.9. The van der Waals surface area contributed by atoms with Gasteiger partial charge in [0, 0.05) is 31.2 Å². The van der Waals surface area contributed by atoms with E-state index in [-0.39, 0.29) is 18.1 Å². The summed E-state index contributed by atoms with van der Waals surface area (Å²) < 4.78 is 43.0. The molecular formula is C19H25F3N2O5. The molecule has 3 atom stereocenters. The van der Waals surface area contributed by atoms with E-state index in [1.54, 1.807) is 6.26 Å². The molecule has 2 saturated heterocycles. The number of carbonyl (C=O) groups excluding carboxylic acids is 1. The molecular weight excluding hydrogens is 393 g/mol. The summed E-state index contributed by atoms with van der Waals surface area (Å²) in [4.78, 5) is 23.6. The maximum Gasteiger partial charge on any atom is 0.490 e. The number of amides is 1. The standard InChI is InChI=1S/C17H24N2O3.C2HF3O2/c20-17(18-9-12-1-2-12)16-4-3-14-15(22-16)5-7-19(14)10-13-6-8-21-11-13;3-2(4,5)1(6)7/h6,8,11-12,14-16H,1-5,7,9-10H2,(H,18,20);(H,6,7)/t14-,15-,16+;/m1./s1. The van der Waals surface area contributed by atoms with Gasteiger partial charge in [-0.15, -0.1) is 0 Å². The van der Waals surface area contributed by atoms with E-state index in [4.69, 9.17) is 19.1 Å². The number of hydrogen-bond donors (Lipinski definition) is 2. The first kappa shape index (κ1) is 21.6. The summed E-state index contributed by atoms with van der Waals surface area (Å²) in [6, 6.07) is 2.47. The fraction of sp³-hybridized carbons (Fsp3) is 0.684. The highest BCUT2D eigenvalue weighted by Crippen LogP contribution is 2.33. The molecule has 7 nitrogen and oxygen atoms in total. The number of rotatable bonds is 5. The van der Waals surface area contributed by atoms with Gasteiger partial charge in [0.25, 0.3) is 0 Å². The number of carbonyl (C=O) groups is 2. The number of nitrogens with zero attached hydrogens (tertiary/aromatic N) is 1. The molecule has 0 radical (unpaired) electrons. The van der Waals surface area contributed by atoms with Crippen LogP contribution in [0, 0.1) is 5.92 Å². The maximum atomic E-state index is 12.2. The van der Waals surface area contributed by atoms with Crippen LogP contribution in [0.2, 0.25) is 0 Å². The van der Waals surface area contributed by atoms with Crippen molar-refractivity contribution in [3.63, 3.8) is 0 Å². The van der Waals surface area contributed by atoms with Crippen molar-refractivity contribution in [2.45, 2.75) is 63.1 Å². The number of hydrogen-bond acceptors (Lipinski definition) is 5. The Morgan fingerprint density at radius 2 is 1.93 bits per heavy atom. The van der Waals surface area contributed by atoms with E-state index in [0.717, 1.165) is 44.8 Å². The smallest absolute Gasteiger partial charge is 0.475 e. The summed E-state index contributed by atoms with van der Waals surface area (Å²) in [5, 5.41) is 10.2. The van der Waals surface area contributed by atoms with Gasteiger partial charge >= 0.3 is 12.1 Å². The lowest BCUT2D eigenvalue weighted by atomic mass is 9.98. The number of halogens is 3. The van der Waals surface area contributed by atoms with E-state index in [1.165, 1.54) is 18.4 Å². The first-order valence-electron chi connectivity index (χ1n) is 9.72. The highest BCUT2D eigenvalue weighted by Gasteiger charge is 2.41. The van der Waals surface area contributed by atoms with Crippen molar-refractivity contribution in [3.05, 3.63) is 24.2 Å². The first-order chi connectivity index (χ1) is 13.7. The van der Waals surface area contributed by atoms with Crippen LogP contribution in [-0.4, -0.2) is 59.4 Å². The molecule has 162 valence electrons. The fourth-order valence-electron chi connectivity index (χ4n) is 3.70. The summed E-state index contributed by atoms with van der Waals surface area (Å²) in [7, 11) is 0. The topological polar surface area (TPSA) is 92.0 Å². The summed E-state index contributed by atoms with van der Waals surface area (Å²) in [5.41, 5.74) is 1.21. The Kier molecular flexibility index (Phi) is 6.84. The van der Waals surface area contributed by atoms with Crippen LogP contribution in [0.5, 0.6) is 0 Å². The minimum atomic E-state index is -5.08. The van der Waals surface area contributed by atoms with Crippen molar-refractivity contribution in [1.29, 1.82) is 0 Å². The molecule has 1 amide bonds. The molecule has 4 rings (SSSR count). The molecule has 1 aliphatic carbocycles. The van der Waals surface area contributed by atoms with E-state index in [2.05, 4.69) is 10.2 Å². The van der Waals surface area contributed by atoms with Gasteiger partial charge in [-0.3, -0.25) is 9.69 Å². The van der Waals surface area contributed by atoms with Crippen molar-refractivity contribution in [1.82, 2.24) is 10.2 Å². The predicted molar refractivity (Wildman–Crippen MR) is 94.8 cm³/mol. The van der Waals surface area contributed by atoms with Crippen molar-refractivity contribution >= 4 is 11.9 Å². The molecule has 2 aliphatic heterocycles. The van der Waals surface area contributed by atoms with Gasteiger partial charge in [0.1, 0.15) is 6.10 Å². The number of carboxylic acids is 1. The lowest BCUT2D eigenvalue weighted by molar-refractivity contribution is -0.192. The highest BCUT2D eigenvalue weighted by atomic mass is 19.4. The Labute approximate surface area is 166 Å². The molecule has 10 heteroatoms. The molecule has 3 aliphatic rings. The second-order valence-electron chi connectivity index (χ2n) is 7.69. The Bertz CT molecular complexity index is 691. The number of likely N-dealkylation sites (tertiary alicyclic amines) is 1. The third kappa shape index (κ3) is 6.20. The SMILES string of the molecule is O=C(NCC1CC1)[C@@H]1CC[C@@H]2[C@@H](CCN2Cc2ccoc2)O1.O=C(O)C(F)(F)F. The van der Waals surface area contributed by atoms with Crippen molar-refractivity contribution < 1.29 is 37.0 Å². The number of nitrogens with one attached hydrogen (secondary N) is 1. The van der Waals surface area contributed by atoms with Crippen molar-refractivity contribution in [3.8, 4) is 0 Å². The second kappa shape index (κ2) is 9.17. The summed E-state index contributed by atoms with van der Waals surface area (Å²) in [6.45, 7) is 2.79. The largest absolute Gasteiger partial charge is 0.490 e. The van der Waals surface area contributed by atoms with E-state index >= 15 is 0 Å². The van der Waals surface area contributed by atoms with Gasteiger partial charge in [-0.2, -0.15) is 13.2 Å². The van der Waals surface area contributed by atoms with Crippen LogP contribution in [0.15, 0.2) is 23.0 Å². The average molecular weight is 418 g/mol. The van der Waals surface area contributed by atoms with Crippen LogP contribution in [0.25, 0.3) is 0 Å². The lowest BCUT2D eigenvalue weighted by Gasteiger charge is -2.35. The Morgan fingerprint density at radius 3 is 2.52 bits per heavy atom. The molecule has 0 spiro atoms.